The molecule has 2 aromatic carbocycles. The number of hydrogen-bond acceptors (Lipinski definition) is 7. The third kappa shape index (κ3) is 9.75. The minimum atomic E-state index is -3.85. The summed E-state index contributed by atoms with van der Waals surface area (Å²) >= 11 is 0. The van der Waals surface area contributed by atoms with Gasteiger partial charge in [-0.3, -0.25) is 9.59 Å². The summed E-state index contributed by atoms with van der Waals surface area (Å²) in [6.45, 7) is 4.59. The van der Waals surface area contributed by atoms with Crippen LogP contribution in [0.25, 0.3) is 0 Å². The Morgan fingerprint density at radius 2 is 1.42 bits per heavy atom. The lowest BCUT2D eigenvalue weighted by Gasteiger charge is -2.20. The van der Waals surface area contributed by atoms with Crippen molar-refractivity contribution in [2.45, 2.75) is 39.9 Å². The van der Waals surface area contributed by atoms with Crippen LogP contribution in [0.15, 0.2) is 60.7 Å². The van der Waals surface area contributed by atoms with Gasteiger partial charge in [-0.25, -0.2) is 8.42 Å². The Morgan fingerprint density at radius 1 is 0.879 bits per heavy atom. The fourth-order valence-corrected chi connectivity index (χ4v) is 4.75. The summed E-state index contributed by atoms with van der Waals surface area (Å²) in [5, 5.41) is 10.1. The molecular formula is C25H32O7S. The molecule has 2 unspecified atom stereocenters. The molecule has 0 aromatic heterocycles. The van der Waals surface area contributed by atoms with E-state index in [-0.39, 0.29) is 13.0 Å². The van der Waals surface area contributed by atoms with Crippen molar-refractivity contribution < 1.29 is 32.6 Å². The van der Waals surface area contributed by atoms with Crippen molar-refractivity contribution in [3.05, 3.63) is 71.8 Å². The van der Waals surface area contributed by atoms with E-state index in [1.807, 2.05) is 60.7 Å². The van der Waals surface area contributed by atoms with Crippen LogP contribution in [0, 0.1) is 11.3 Å². The maximum atomic E-state index is 12.8. The molecule has 0 spiro atoms. The van der Waals surface area contributed by atoms with Crippen molar-refractivity contribution in [1.29, 1.82) is 0 Å². The summed E-state index contributed by atoms with van der Waals surface area (Å²) in [5.74, 6) is -3.21. The Hall–Kier alpha value is -2.71. The number of benzene rings is 2. The Balaban J connectivity index is 2.03. The van der Waals surface area contributed by atoms with Crippen LogP contribution in [0.3, 0.4) is 0 Å². The van der Waals surface area contributed by atoms with E-state index >= 15 is 0 Å². The largest absolute Gasteiger partial charge is 0.462 e. The zero-order valence-corrected chi connectivity index (χ0v) is 20.1. The molecule has 2 atom stereocenters. The van der Waals surface area contributed by atoms with Gasteiger partial charge in [0.25, 0.3) is 0 Å². The summed E-state index contributed by atoms with van der Waals surface area (Å²) in [7, 11) is -3.85. The molecule has 2 aromatic rings. The molecule has 0 amide bonds. The Labute approximate surface area is 195 Å². The molecule has 8 heteroatoms. The second-order valence-corrected chi connectivity index (χ2v) is 11.2. The SMILES string of the molecule is CC(C)(C)C(=O)OCC(O)CS(=O)(=O)CC(Cc1ccccc1)C(=O)OCc1ccccc1. The quantitative estimate of drug-likeness (QED) is 0.497. The van der Waals surface area contributed by atoms with Gasteiger partial charge >= 0.3 is 11.9 Å². The van der Waals surface area contributed by atoms with Gasteiger partial charge in [0, 0.05) is 0 Å². The molecule has 180 valence electrons. The third-order valence-corrected chi connectivity index (χ3v) is 6.61. The second-order valence-electron chi connectivity index (χ2n) is 9.06. The van der Waals surface area contributed by atoms with E-state index < -0.39 is 57.3 Å². The first-order chi connectivity index (χ1) is 15.5. The summed E-state index contributed by atoms with van der Waals surface area (Å²) < 4.78 is 35.9. The van der Waals surface area contributed by atoms with Crippen LogP contribution in [0.1, 0.15) is 31.9 Å². The smallest absolute Gasteiger partial charge is 0.311 e. The highest BCUT2D eigenvalue weighted by molar-refractivity contribution is 7.91. The van der Waals surface area contributed by atoms with Crippen LogP contribution < -0.4 is 0 Å². The number of esters is 2. The van der Waals surface area contributed by atoms with Gasteiger partial charge in [0.15, 0.2) is 9.84 Å². The van der Waals surface area contributed by atoms with Crippen LogP contribution in [-0.4, -0.2) is 49.7 Å². The van der Waals surface area contributed by atoms with Gasteiger partial charge in [0.1, 0.15) is 19.3 Å². The van der Waals surface area contributed by atoms with E-state index in [4.69, 9.17) is 9.47 Å². The van der Waals surface area contributed by atoms with Gasteiger partial charge in [-0.1, -0.05) is 60.7 Å². The molecule has 0 bridgehead atoms. The minimum absolute atomic E-state index is 0.0381. The summed E-state index contributed by atoms with van der Waals surface area (Å²) in [5.41, 5.74) is 0.833. The Morgan fingerprint density at radius 3 is 1.97 bits per heavy atom. The number of ether oxygens (including phenoxy) is 2. The van der Waals surface area contributed by atoms with Gasteiger partial charge in [-0.05, 0) is 38.3 Å². The van der Waals surface area contributed by atoms with Gasteiger partial charge < -0.3 is 14.6 Å². The predicted molar refractivity (Wildman–Crippen MR) is 125 cm³/mol. The molecule has 0 aliphatic heterocycles. The summed E-state index contributed by atoms with van der Waals surface area (Å²) in [4.78, 5) is 24.6. The Bertz CT molecular complexity index is 996. The van der Waals surface area contributed by atoms with E-state index in [1.54, 1.807) is 20.8 Å². The highest BCUT2D eigenvalue weighted by atomic mass is 32.2. The highest BCUT2D eigenvalue weighted by Gasteiger charge is 2.30. The molecule has 2 rings (SSSR count). The van der Waals surface area contributed by atoms with E-state index in [0.29, 0.717) is 0 Å². The van der Waals surface area contributed by atoms with E-state index in [1.165, 1.54) is 0 Å². The first kappa shape index (κ1) is 26.5. The fourth-order valence-electron chi connectivity index (χ4n) is 3.06. The molecule has 0 fully saturated rings. The average Bonchev–Trinajstić information content (AvgIpc) is 2.75. The van der Waals surface area contributed by atoms with Gasteiger partial charge in [0.05, 0.1) is 22.8 Å². The van der Waals surface area contributed by atoms with E-state index in [0.717, 1.165) is 11.1 Å². The van der Waals surface area contributed by atoms with Crippen molar-refractivity contribution in [1.82, 2.24) is 0 Å². The number of hydrogen-bond donors (Lipinski definition) is 1. The lowest BCUT2D eigenvalue weighted by Crippen LogP contribution is -2.35. The molecule has 0 heterocycles. The van der Waals surface area contributed by atoms with Crippen LogP contribution in [-0.2, 0) is 41.9 Å². The number of carbonyl (C=O) groups is 2. The number of carbonyl (C=O) groups excluding carboxylic acids is 2. The third-order valence-electron chi connectivity index (χ3n) is 4.80. The first-order valence-corrected chi connectivity index (χ1v) is 12.6. The minimum Gasteiger partial charge on any atom is -0.462 e. The molecular weight excluding hydrogens is 444 g/mol. The fraction of sp³-hybridized carbons (Fsp3) is 0.440. The van der Waals surface area contributed by atoms with Crippen molar-refractivity contribution in [3.63, 3.8) is 0 Å². The van der Waals surface area contributed by atoms with Crippen molar-refractivity contribution in [3.8, 4) is 0 Å². The molecule has 0 saturated carbocycles. The molecule has 0 radical (unpaired) electrons. The first-order valence-electron chi connectivity index (χ1n) is 10.8. The van der Waals surface area contributed by atoms with Gasteiger partial charge in [0.2, 0.25) is 0 Å². The monoisotopic (exact) mass is 476 g/mol. The normalized spacial score (nSPS) is 13.7. The van der Waals surface area contributed by atoms with Crippen molar-refractivity contribution in [2.75, 3.05) is 18.1 Å². The summed E-state index contributed by atoms with van der Waals surface area (Å²) in [6, 6.07) is 18.2. The number of aliphatic hydroxyl groups excluding tert-OH is 1. The lowest BCUT2D eigenvalue weighted by atomic mass is 9.97. The zero-order chi connectivity index (χ0) is 24.5. The molecule has 33 heavy (non-hydrogen) atoms. The van der Waals surface area contributed by atoms with E-state index in [9.17, 15) is 23.1 Å². The molecule has 1 N–H and O–H groups in total. The van der Waals surface area contributed by atoms with E-state index in [2.05, 4.69) is 0 Å². The van der Waals surface area contributed by atoms with Crippen LogP contribution in [0.5, 0.6) is 0 Å². The van der Waals surface area contributed by atoms with Crippen LogP contribution in [0.4, 0.5) is 0 Å². The van der Waals surface area contributed by atoms with Crippen molar-refractivity contribution in [2.24, 2.45) is 11.3 Å². The average molecular weight is 477 g/mol. The zero-order valence-electron chi connectivity index (χ0n) is 19.3. The standard InChI is InChI=1S/C25H32O7S/c1-25(2,3)24(28)32-16-22(26)18-33(29,30)17-21(14-19-10-6-4-7-11-19)23(27)31-15-20-12-8-5-9-13-20/h4-13,21-22,26H,14-18H2,1-3H3. The Kier molecular flexibility index (Phi) is 9.61. The van der Waals surface area contributed by atoms with Crippen LogP contribution >= 0.6 is 0 Å². The highest BCUT2D eigenvalue weighted by Crippen LogP contribution is 2.17. The van der Waals surface area contributed by atoms with Gasteiger partial charge in [-0.15, -0.1) is 0 Å². The molecule has 7 nitrogen and oxygen atoms in total. The maximum absolute atomic E-state index is 12.8. The second kappa shape index (κ2) is 12.0. The molecule has 0 aliphatic carbocycles. The molecule has 0 saturated heterocycles. The van der Waals surface area contributed by atoms with Gasteiger partial charge in [-0.2, -0.15) is 0 Å². The summed E-state index contributed by atoms with van der Waals surface area (Å²) in [6.07, 6.45) is -1.21. The van der Waals surface area contributed by atoms with Crippen molar-refractivity contribution >= 4 is 21.8 Å². The number of sulfone groups is 1. The maximum Gasteiger partial charge on any atom is 0.311 e. The molecule has 0 aliphatic rings. The number of rotatable bonds is 11. The lowest BCUT2D eigenvalue weighted by molar-refractivity contribution is -0.155. The topological polar surface area (TPSA) is 107 Å². The predicted octanol–water partition coefficient (Wildman–Crippen LogP) is 2.95. The van der Waals surface area contributed by atoms with Crippen LogP contribution in [0.2, 0.25) is 0 Å². The number of aliphatic hydroxyl groups is 1.